The predicted octanol–water partition coefficient (Wildman–Crippen LogP) is 6.30. The molecule has 0 N–H and O–H groups in total. The Morgan fingerprint density at radius 3 is 1.91 bits per heavy atom. The number of hydrogen-bond donors (Lipinski definition) is 0. The summed E-state index contributed by atoms with van der Waals surface area (Å²) >= 11 is 0. The van der Waals surface area contributed by atoms with Gasteiger partial charge in [0.15, 0.2) is 34.5 Å². The van der Waals surface area contributed by atoms with E-state index in [2.05, 4.69) is 6.58 Å². The molecule has 0 aliphatic rings. The minimum Gasteiger partial charge on any atom is -0.493 e. The molecule has 0 aliphatic heterocycles. The Kier molecular flexibility index (Phi) is 7.98. The molecule has 0 amide bonds. The number of aromatic nitrogens is 2. The Hall–Kier alpha value is -5.97. The van der Waals surface area contributed by atoms with E-state index in [4.69, 9.17) is 28.4 Å². The molecule has 11 heteroatoms. The maximum atomic E-state index is 14.6. The highest BCUT2D eigenvalue weighted by Gasteiger charge is 2.26. The first kappa shape index (κ1) is 31.0. The van der Waals surface area contributed by atoms with Crippen molar-refractivity contribution in [3.8, 4) is 45.6 Å². The number of pyridine rings is 2. The molecule has 0 saturated carbocycles. The molecule has 0 aliphatic carbocycles. The number of methoxy groups -OCH3 is 4. The van der Waals surface area contributed by atoms with Gasteiger partial charge in [0.25, 0.3) is 5.56 Å². The number of carbonyl (C=O) groups excluding carboxylic acids is 2. The SMILES string of the molecule is C=CCn1c(=O)c2c(c(-c3ccc(OC)c(OC)c3)c3c4cc(OC)c(OC(C)=O)cc4ccn32)c2cc(OC)c(OC(C)=O)cc21. The van der Waals surface area contributed by atoms with Gasteiger partial charge in [-0.15, -0.1) is 6.58 Å². The fraction of sp³-hybridized carbons (Fsp3) is 0.194. The number of fused-ring (bicyclic) bond motifs is 7. The largest absolute Gasteiger partial charge is 0.493 e. The highest BCUT2D eigenvalue weighted by Crippen LogP contribution is 2.46. The third kappa shape index (κ3) is 5.05. The molecule has 0 fully saturated rings. The van der Waals surface area contributed by atoms with Crippen molar-refractivity contribution < 1.29 is 38.0 Å². The van der Waals surface area contributed by atoms with Crippen LogP contribution in [0.1, 0.15) is 13.8 Å². The summed E-state index contributed by atoms with van der Waals surface area (Å²) in [5, 5.41) is 2.76. The Balaban J connectivity index is 1.90. The maximum Gasteiger partial charge on any atom is 0.308 e. The van der Waals surface area contributed by atoms with E-state index < -0.39 is 11.9 Å². The zero-order chi connectivity index (χ0) is 33.6. The van der Waals surface area contributed by atoms with E-state index in [0.29, 0.717) is 55.9 Å². The Morgan fingerprint density at radius 2 is 1.32 bits per heavy atom. The average Bonchev–Trinajstić information content (AvgIpc) is 3.41. The van der Waals surface area contributed by atoms with Gasteiger partial charge < -0.3 is 37.4 Å². The lowest BCUT2D eigenvalue weighted by molar-refractivity contribution is -0.132. The van der Waals surface area contributed by atoms with Crippen molar-refractivity contribution in [2.24, 2.45) is 0 Å². The molecule has 6 aromatic rings. The second kappa shape index (κ2) is 12.1. The fourth-order valence-electron chi connectivity index (χ4n) is 6.13. The molecule has 3 aromatic carbocycles. The van der Waals surface area contributed by atoms with Crippen LogP contribution < -0.4 is 34.0 Å². The summed E-state index contributed by atoms with van der Waals surface area (Å²) < 4.78 is 36.9. The Morgan fingerprint density at radius 1 is 0.723 bits per heavy atom. The van der Waals surface area contributed by atoms with Crippen LogP contribution in [0.3, 0.4) is 0 Å². The van der Waals surface area contributed by atoms with Crippen molar-refractivity contribution in [1.29, 1.82) is 0 Å². The van der Waals surface area contributed by atoms with Crippen molar-refractivity contribution in [3.05, 3.63) is 77.7 Å². The average molecular weight is 637 g/mol. The van der Waals surface area contributed by atoms with Gasteiger partial charge in [-0.2, -0.15) is 0 Å². The Labute approximate surface area is 269 Å². The van der Waals surface area contributed by atoms with Gasteiger partial charge in [-0.1, -0.05) is 12.1 Å². The highest BCUT2D eigenvalue weighted by atomic mass is 16.6. The molecule has 0 radical (unpaired) electrons. The number of nitrogens with zero attached hydrogens (tertiary/aromatic N) is 2. The Bertz CT molecular complexity index is 2330. The molecule has 3 aromatic heterocycles. The topological polar surface area (TPSA) is 116 Å². The second-order valence-corrected chi connectivity index (χ2v) is 10.7. The van der Waals surface area contributed by atoms with Gasteiger partial charge in [-0.05, 0) is 47.3 Å². The number of ether oxygens (including phenoxy) is 6. The number of benzene rings is 3. The number of carbonyl (C=O) groups is 2. The molecular formula is C36H32N2O9. The zero-order valence-corrected chi connectivity index (χ0v) is 26.8. The van der Waals surface area contributed by atoms with Crippen LogP contribution in [0.4, 0.5) is 0 Å². The second-order valence-electron chi connectivity index (χ2n) is 10.7. The van der Waals surface area contributed by atoms with Crippen molar-refractivity contribution in [1.82, 2.24) is 8.97 Å². The monoisotopic (exact) mass is 636 g/mol. The van der Waals surface area contributed by atoms with E-state index in [-0.39, 0.29) is 23.6 Å². The fourth-order valence-corrected chi connectivity index (χ4v) is 6.13. The van der Waals surface area contributed by atoms with Crippen molar-refractivity contribution >= 4 is 50.0 Å². The van der Waals surface area contributed by atoms with Gasteiger partial charge >= 0.3 is 11.9 Å². The molecule has 0 spiro atoms. The third-order valence-corrected chi connectivity index (χ3v) is 7.98. The summed E-state index contributed by atoms with van der Waals surface area (Å²) in [5.41, 5.74) is 2.74. The van der Waals surface area contributed by atoms with E-state index in [1.165, 1.54) is 28.1 Å². The summed E-state index contributed by atoms with van der Waals surface area (Å²) in [5.74, 6) is 1.10. The van der Waals surface area contributed by atoms with Crippen LogP contribution in [0.5, 0.6) is 34.5 Å². The van der Waals surface area contributed by atoms with Crippen molar-refractivity contribution in [3.63, 3.8) is 0 Å². The first-order valence-electron chi connectivity index (χ1n) is 14.6. The lowest BCUT2D eigenvalue weighted by Crippen LogP contribution is -2.21. The summed E-state index contributed by atoms with van der Waals surface area (Å²) in [6, 6.07) is 14.3. The lowest BCUT2D eigenvalue weighted by Gasteiger charge is -2.15. The van der Waals surface area contributed by atoms with Gasteiger partial charge in [0, 0.05) is 54.4 Å². The van der Waals surface area contributed by atoms with Crippen LogP contribution >= 0.6 is 0 Å². The van der Waals surface area contributed by atoms with E-state index in [0.717, 1.165) is 16.3 Å². The third-order valence-electron chi connectivity index (χ3n) is 7.98. The molecular weight excluding hydrogens is 604 g/mol. The molecule has 240 valence electrons. The standard InChI is InChI=1S/C36H32N2O9/c1-8-12-37-25-18-31(47-20(3)40)29(45-7)17-24(25)33-32(22-9-10-26(42-4)27(15-22)43-5)34-23-16-28(44-6)30(46-19(2)39)14-21(23)11-13-38(34)35(33)36(37)41/h8-11,13-18H,1,12H2,2-7H3. The van der Waals surface area contributed by atoms with Gasteiger partial charge in [0.1, 0.15) is 5.52 Å². The van der Waals surface area contributed by atoms with Crippen LogP contribution in [-0.4, -0.2) is 49.3 Å². The van der Waals surface area contributed by atoms with E-state index >= 15 is 0 Å². The van der Waals surface area contributed by atoms with Crippen LogP contribution in [0, 0.1) is 0 Å². The molecule has 0 saturated heterocycles. The highest BCUT2D eigenvalue weighted by molar-refractivity contribution is 6.22. The smallest absolute Gasteiger partial charge is 0.308 e. The zero-order valence-electron chi connectivity index (χ0n) is 26.8. The normalized spacial score (nSPS) is 11.2. The van der Waals surface area contributed by atoms with E-state index in [1.807, 2.05) is 28.8 Å². The van der Waals surface area contributed by atoms with Gasteiger partial charge in [-0.25, -0.2) is 0 Å². The molecule has 47 heavy (non-hydrogen) atoms. The quantitative estimate of drug-likeness (QED) is 0.102. The summed E-state index contributed by atoms with van der Waals surface area (Å²) in [7, 11) is 6.09. The minimum atomic E-state index is -0.532. The van der Waals surface area contributed by atoms with Crippen LogP contribution in [0.25, 0.3) is 49.2 Å². The van der Waals surface area contributed by atoms with Crippen LogP contribution in [0.15, 0.2) is 72.2 Å². The van der Waals surface area contributed by atoms with Crippen molar-refractivity contribution in [2.45, 2.75) is 20.4 Å². The number of allylic oxidation sites excluding steroid dienone is 1. The summed E-state index contributed by atoms with van der Waals surface area (Å²) in [6.45, 7) is 6.68. The lowest BCUT2D eigenvalue weighted by atomic mass is 9.97. The predicted molar refractivity (Wildman–Crippen MR) is 179 cm³/mol. The molecule has 0 atom stereocenters. The number of hydrogen-bond acceptors (Lipinski definition) is 9. The molecule has 11 nitrogen and oxygen atoms in total. The van der Waals surface area contributed by atoms with Gasteiger partial charge in [0.05, 0.1) is 39.5 Å². The first-order valence-corrected chi connectivity index (χ1v) is 14.6. The van der Waals surface area contributed by atoms with E-state index in [1.54, 1.807) is 55.2 Å². The van der Waals surface area contributed by atoms with Crippen LogP contribution in [-0.2, 0) is 16.1 Å². The van der Waals surface area contributed by atoms with Gasteiger partial charge in [0.2, 0.25) is 0 Å². The van der Waals surface area contributed by atoms with Gasteiger partial charge in [-0.3, -0.25) is 14.4 Å². The molecule has 0 bridgehead atoms. The minimum absolute atomic E-state index is 0.175. The number of esters is 2. The van der Waals surface area contributed by atoms with Crippen LogP contribution in [0.2, 0.25) is 0 Å². The summed E-state index contributed by atoms with van der Waals surface area (Å²) in [6.07, 6.45) is 3.44. The number of rotatable bonds is 9. The maximum absolute atomic E-state index is 14.6. The molecule has 0 unspecified atom stereocenters. The van der Waals surface area contributed by atoms with Crippen molar-refractivity contribution in [2.75, 3.05) is 28.4 Å². The molecule has 3 heterocycles. The summed E-state index contributed by atoms with van der Waals surface area (Å²) in [4.78, 5) is 38.5. The molecule has 6 rings (SSSR count). The first-order chi connectivity index (χ1) is 22.6. The van der Waals surface area contributed by atoms with E-state index in [9.17, 15) is 14.4 Å².